The molecule has 4 aromatic rings. The number of benzene rings is 4. The third-order valence-electron chi connectivity index (χ3n) is 9.44. The SMILES string of the molecule is CC1=CC(C)CC(N(c2ccccc2)c2ccc(/C=C/c3ccc(C4=CC=C(N(c5ccccc5)C5C=CC=CC5)CC4)cc3)cc2)=C1. The fourth-order valence-corrected chi connectivity index (χ4v) is 7.14. The predicted octanol–water partition coefficient (Wildman–Crippen LogP) is 12.3. The first-order chi connectivity index (χ1) is 23.6. The van der Waals surface area contributed by atoms with Crippen LogP contribution in [-0.4, -0.2) is 6.04 Å². The second kappa shape index (κ2) is 14.6. The maximum atomic E-state index is 2.51. The lowest BCUT2D eigenvalue weighted by Gasteiger charge is -2.35. The van der Waals surface area contributed by atoms with E-state index in [1.54, 1.807) is 0 Å². The summed E-state index contributed by atoms with van der Waals surface area (Å²) in [5.41, 5.74) is 12.8. The molecule has 0 heterocycles. The molecule has 0 saturated carbocycles. The van der Waals surface area contributed by atoms with E-state index < -0.39 is 0 Å². The maximum absolute atomic E-state index is 2.51. The molecule has 7 rings (SSSR count). The minimum absolute atomic E-state index is 0.350. The quantitative estimate of drug-likeness (QED) is 0.171. The van der Waals surface area contributed by atoms with Crippen molar-refractivity contribution in [2.24, 2.45) is 5.92 Å². The molecule has 238 valence electrons. The molecule has 2 nitrogen and oxygen atoms in total. The summed E-state index contributed by atoms with van der Waals surface area (Å²) in [5, 5.41) is 0. The molecule has 3 aliphatic rings. The van der Waals surface area contributed by atoms with Crippen LogP contribution in [0.15, 0.2) is 175 Å². The number of rotatable bonds is 9. The van der Waals surface area contributed by atoms with Crippen molar-refractivity contribution in [3.8, 4) is 0 Å². The number of para-hydroxylation sites is 2. The second-order valence-electron chi connectivity index (χ2n) is 13.1. The van der Waals surface area contributed by atoms with Crippen LogP contribution in [0.5, 0.6) is 0 Å². The van der Waals surface area contributed by atoms with E-state index in [2.05, 4.69) is 194 Å². The Bertz CT molecular complexity index is 1920. The zero-order valence-electron chi connectivity index (χ0n) is 28.0. The minimum Gasteiger partial charge on any atom is -0.338 e. The Labute approximate surface area is 286 Å². The van der Waals surface area contributed by atoms with Crippen LogP contribution in [0.25, 0.3) is 17.7 Å². The molecule has 0 bridgehead atoms. The van der Waals surface area contributed by atoms with Crippen LogP contribution in [0, 0.1) is 5.92 Å². The fraction of sp³-hybridized carbons (Fsp3) is 0.174. The van der Waals surface area contributed by atoms with Gasteiger partial charge >= 0.3 is 0 Å². The minimum atomic E-state index is 0.350. The van der Waals surface area contributed by atoms with Gasteiger partial charge in [0.1, 0.15) is 0 Å². The van der Waals surface area contributed by atoms with Crippen LogP contribution in [0.2, 0.25) is 0 Å². The number of hydrogen-bond acceptors (Lipinski definition) is 2. The summed E-state index contributed by atoms with van der Waals surface area (Å²) in [6.45, 7) is 4.50. The van der Waals surface area contributed by atoms with Gasteiger partial charge in [-0.25, -0.2) is 0 Å². The predicted molar refractivity (Wildman–Crippen MR) is 207 cm³/mol. The highest BCUT2D eigenvalue weighted by atomic mass is 15.2. The van der Waals surface area contributed by atoms with Crippen molar-refractivity contribution >= 4 is 34.8 Å². The first-order valence-corrected chi connectivity index (χ1v) is 17.3. The van der Waals surface area contributed by atoms with Gasteiger partial charge in [-0.2, -0.15) is 0 Å². The molecule has 2 atom stereocenters. The normalized spacial score (nSPS) is 19.0. The van der Waals surface area contributed by atoms with Crippen molar-refractivity contribution in [2.45, 2.75) is 45.6 Å². The molecule has 0 amide bonds. The average Bonchev–Trinajstić information content (AvgIpc) is 3.13. The second-order valence-corrected chi connectivity index (χ2v) is 13.1. The standard InChI is InChI=1S/C46H44N2/c1-35-32-36(2)34-46(33-35)48(43-16-10-5-11-17-43)44-28-22-38(23-29-44)19-18-37-20-24-39(25-21-37)40-26-30-45(31-27-40)47(41-12-6-3-7-13-41)42-14-8-4-9-15-42/h3-14,16-26,28-30,32-33,36,42H,15,27,31,34H2,1-2H3/b19-18+. The summed E-state index contributed by atoms with van der Waals surface area (Å²) >= 11 is 0. The Balaban J connectivity index is 1.05. The first kappa shape index (κ1) is 31.3. The van der Waals surface area contributed by atoms with Crippen LogP contribution in [0.1, 0.15) is 56.2 Å². The lowest BCUT2D eigenvalue weighted by atomic mass is 9.93. The van der Waals surface area contributed by atoms with Crippen molar-refractivity contribution in [2.75, 3.05) is 9.80 Å². The van der Waals surface area contributed by atoms with Gasteiger partial charge in [0.2, 0.25) is 0 Å². The van der Waals surface area contributed by atoms with Gasteiger partial charge in [-0.15, -0.1) is 0 Å². The number of nitrogens with zero attached hydrogens (tertiary/aromatic N) is 2. The molecular weight excluding hydrogens is 581 g/mol. The van der Waals surface area contributed by atoms with Crippen molar-refractivity contribution in [1.82, 2.24) is 0 Å². The largest absolute Gasteiger partial charge is 0.338 e. The van der Waals surface area contributed by atoms with Gasteiger partial charge in [-0.3, -0.25) is 0 Å². The van der Waals surface area contributed by atoms with Crippen molar-refractivity contribution < 1.29 is 0 Å². The summed E-state index contributed by atoms with van der Waals surface area (Å²) in [5.74, 6) is 0.528. The van der Waals surface area contributed by atoms with E-state index in [-0.39, 0.29) is 0 Å². The lowest BCUT2D eigenvalue weighted by Crippen LogP contribution is -2.34. The molecular formula is C46H44N2. The third-order valence-corrected chi connectivity index (χ3v) is 9.44. The summed E-state index contributed by atoms with van der Waals surface area (Å²) < 4.78 is 0. The molecule has 4 aromatic carbocycles. The molecule has 3 aliphatic carbocycles. The average molecular weight is 625 g/mol. The van der Waals surface area contributed by atoms with E-state index in [1.165, 1.54) is 56.3 Å². The van der Waals surface area contributed by atoms with Gasteiger partial charge in [0.25, 0.3) is 0 Å². The van der Waals surface area contributed by atoms with Crippen LogP contribution >= 0.6 is 0 Å². The van der Waals surface area contributed by atoms with Gasteiger partial charge < -0.3 is 9.80 Å². The monoisotopic (exact) mass is 624 g/mol. The van der Waals surface area contributed by atoms with Crippen LogP contribution < -0.4 is 9.80 Å². The van der Waals surface area contributed by atoms with E-state index in [9.17, 15) is 0 Å². The van der Waals surface area contributed by atoms with Crippen LogP contribution in [0.4, 0.5) is 17.1 Å². The molecule has 0 N–H and O–H groups in total. The molecule has 0 radical (unpaired) electrons. The molecule has 2 heteroatoms. The summed E-state index contributed by atoms with van der Waals surface area (Å²) in [4.78, 5) is 4.92. The number of allylic oxidation sites excluding steroid dienone is 10. The maximum Gasteiger partial charge on any atom is 0.0556 e. The first-order valence-electron chi connectivity index (χ1n) is 17.3. The Hall–Kier alpha value is -5.34. The molecule has 0 fully saturated rings. The number of hydrogen-bond donors (Lipinski definition) is 0. The third kappa shape index (κ3) is 7.29. The van der Waals surface area contributed by atoms with Crippen molar-refractivity contribution in [1.29, 1.82) is 0 Å². The summed E-state index contributed by atoms with van der Waals surface area (Å²) in [7, 11) is 0. The van der Waals surface area contributed by atoms with Gasteiger partial charge in [0.05, 0.1) is 6.04 Å². The lowest BCUT2D eigenvalue weighted by molar-refractivity contribution is 0.689. The topological polar surface area (TPSA) is 6.48 Å². The van der Waals surface area contributed by atoms with E-state index in [0.717, 1.165) is 25.7 Å². The molecule has 0 saturated heterocycles. The molecule has 48 heavy (non-hydrogen) atoms. The van der Waals surface area contributed by atoms with Gasteiger partial charge in [0.15, 0.2) is 0 Å². The van der Waals surface area contributed by atoms with Crippen molar-refractivity contribution in [3.05, 3.63) is 191 Å². The number of anilines is 3. The highest BCUT2D eigenvalue weighted by Gasteiger charge is 2.23. The van der Waals surface area contributed by atoms with E-state index >= 15 is 0 Å². The Morgan fingerprint density at radius 1 is 0.646 bits per heavy atom. The van der Waals surface area contributed by atoms with E-state index in [1.807, 2.05) is 0 Å². The van der Waals surface area contributed by atoms with Crippen LogP contribution in [0.3, 0.4) is 0 Å². The van der Waals surface area contributed by atoms with Crippen LogP contribution in [-0.2, 0) is 0 Å². The smallest absolute Gasteiger partial charge is 0.0556 e. The Kier molecular flexibility index (Phi) is 9.52. The van der Waals surface area contributed by atoms with E-state index in [0.29, 0.717) is 12.0 Å². The van der Waals surface area contributed by atoms with Gasteiger partial charge in [-0.05, 0) is 109 Å². The summed E-state index contributed by atoms with van der Waals surface area (Å²) in [6.07, 6.45) is 26.8. The van der Waals surface area contributed by atoms with E-state index in [4.69, 9.17) is 0 Å². The van der Waals surface area contributed by atoms with Gasteiger partial charge in [-0.1, -0.05) is 134 Å². The molecule has 0 aromatic heterocycles. The van der Waals surface area contributed by atoms with Crippen molar-refractivity contribution in [3.63, 3.8) is 0 Å². The van der Waals surface area contributed by atoms with Gasteiger partial charge in [0, 0.05) is 28.5 Å². The zero-order valence-corrected chi connectivity index (χ0v) is 28.0. The molecule has 0 spiro atoms. The molecule has 2 unspecified atom stereocenters. The summed E-state index contributed by atoms with van der Waals surface area (Å²) in [6, 6.07) is 39.8. The highest BCUT2D eigenvalue weighted by molar-refractivity contribution is 5.76. The Morgan fingerprint density at radius 3 is 1.90 bits per heavy atom. The highest BCUT2D eigenvalue weighted by Crippen LogP contribution is 2.36. The fourth-order valence-electron chi connectivity index (χ4n) is 7.14. The Morgan fingerprint density at radius 2 is 1.29 bits per heavy atom. The molecule has 0 aliphatic heterocycles. The zero-order chi connectivity index (χ0) is 32.7.